The Morgan fingerprint density at radius 1 is 1.19 bits per heavy atom. The van der Waals surface area contributed by atoms with Gasteiger partial charge in [0, 0.05) is 10.0 Å². The van der Waals surface area contributed by atoms with Gasteiger partial charge in [-0.05, 0) is 30.3 Å². The third-order valence-corrected chi connectivity index (χ3v) is 8.36. The van der Waals surface area contributed by atoms with Crippen molar-refractivity contribution in [3.63, 3.8) is 0 Å². The number of carbonyl (C=O) groups excluding carboxylic acids is 1. The fraction of sp³-hybridized carbons (Fsp3) is 0.467. The van der Waals surface area contributed by atoms with E-state index in [-0.39, 0.29) is 10.7 Å². The Hall–Kier alpha value is -1.14. The van der Waals surface area contributed by atoms with Crippen LogP contribution in [-0.4, -0.2) is 27.1 Å². The van der Waals surface area contributed by atoms with Crippen molar-refractivity contribution in [1.82, 2.24) is 0 Å². The van der Waals surface area contributed by atoms with Crippen LogP contribution in [0.1, 0.15) is 26.3 Å². The molecule has 0 radical (unpaired) electrons. The summed E-state index contributed by atoms with van der Waals surface area (Å²) in [5, 5.41) is 4.13. The van der Waals surface area contributed by atoms with Gasteiger partial charge < -0.3 is 9.26 Å². The molecule has 0 amide bonds. The van der Waals surface area contributed by atoms with Crippen LogP contribution in [0.3, 0.4) is 0 Å². The monoisotopic (exact) mass is 371 g/mol. The van der Waals surface area contributed by atoms with E-state index in [9.17, 15) is 4.79 Å². The Balaban J connectivity index is 3.12. The minimum atomic E-state index is -2.07. The molecule has 1 aromatic rings. The van der Waals surface area contributed by atoms with E-state index < -0.39 is 14.3 Å². The molecule has 0 heterocycles. The topological polar surface area (TPSA) is 47.9 Å². The molecule has 0 atom stereocenters. The maximum absolute atomic E-state index is 11.9. The normalized spacial score (nSPS) is 13.0. The summed E-state index contributed by atoms with van der Waals surface area (Å²) < 4.78 is 11.5. The molecule has 0 fully saturated rings. The number of hydrogen-bond acceptors (Lipinski definition) is 4. The van der Waals surface area contributed by atoms with Gasteiger partial charge >= 0.3 is 5.97 Å². The van der Waals surface area contributed by atoms with Gasteiger partial charge in [-0.1, -0.05) is 54.0 Å². The van der Waals surface area contributed by atoms with E-state index in [2.05, 4.69) is 55.0 Å². The number of rotatable bonds is 4. The summed E-state index contributed by atoms with van der Waals surface area (Å²) in [6.07, 6.45) is 0. The molecule has 0 aromatic heterocycles. The Bertz CT molecular complexity index is 533. The van der Waals surface area contributed by atoms with Gasteiger partial charge in [0.1, 0.15) is 0 Å². The van der Waals surface area contributed by atoms with Gasteiger partial charge in [0.05, 0.1) is 7.11 Å². The number of esters is 1. The van der Waals surface area contributed by atoms with Gasteiger partial charge in [0.25, 0.3) is 8.32 Å². The number of hydrogen-bond donors (Lipinski definition) is 0. The van der Waals surface area contributed by atoms with Gasteiger partial charge in [-0.3, -0.25) is 0 Å². The van der Waals surface area contributed by atoms with Crippen LogP contribution in [0.4, 0.5) is 0 Å². The third-order valence-electron chi connectivity index (χ3n) is 3.67. The fourth-order valence-corrected chi connectivity index (χ4v) is 2.07. The van der Waals surface area contributed by atoms with E-state index in [0.717, 1.165) is 4.47 Å². The molecule has 0 aliphatic rings. The average molecular weight is 372 g/mol. The van der Waals surface area contributed by atoms with E-state index >= 15 is 0 Å². The van der Waals surface area contributed by atoms with Crippen molar-refractivity contribution in [2.75, 3.05) is 7.11 Å². The largest absolute Gasteiger partial charge is 0.464 e. The van der Waals surface area contributed by atoms with Gasteiger partial charge in [0.2, 0.25) is 0 Å². The summed E-state index contributed by atoms with van der Waals surface area (Å²) in [4.78, 5) is 11.9. The lowest BCUT2D eigenvalue weighted by Crippen LogP contribution is -2.39. The quantitative estimate of drug-likeness (QED) is 0.342. The highest BCUT2D eigenvalue weighted by atomic mass is 79.9. The van der Waals surface area contributed by atoms with E-state index in [1.165, 1.54) is 7.11 Å². The van der Waals surface area contributed by atoms with Crippen molar-refractivity contribution in [3.8, 4) is 0 Å². The average Bonchev–Trinajstić information content (AvgIpc) is 2.39. The molecule has 0 aliphatic carbocycles. The molecule has 0 saturated heterocycles. The van der Waals surface area contributed by atoms with Crippen LogP contribution in [0.15, 0.2) is 33.9 Å². The van der Waals surface area contributed by atoms with E-state index in [4.69, 9.17) is 9.26 Å². The van der Waals surface area contributed by atoms with E-state index in [0.29, 0.717) is 5.56 Å². The number of nitrogens with zero attached hydrogens (tertiary/aromatic N) is 1. The van der Waals surface area contributed by atoms with Crippen molar-refractivity contribution < 1.29 is 14.1 Å². The van der Waals surface area contributed by atoms with Crippen molar-refractivity contribution in [1.29, 1.82) is 0 Å². The van der Waals surface area contributed by atoms with Crippen LogP contribution >= 0.6 is 15.9 Å². The zero-order chi connectivity index (χ0) is 16.3. The second-order valence-corrected chi connectivity index (χ2v) is 11.9. The molecular weight excluding hydrogens is 350 g/mol. The van der Waals surface area contributed by atoms with Crippen LogP contribution in [0.25, 0.3) is 0 Å². The fourth-order valence-electron chi connectivity index (χ4n) is 1.21. The number of benzene rings is 1. The summed E-state index contributed by atoms with van der Waals surface area (Å²) in [7, 11) is -0.738. The molecule has 6 heteroatoms. The summed E-state index contributed by atoms with van der Waals surface area (Å²) in [6.45, 7) is 10.5. The summed E-state index contributed by atoms with van der Waals surface area (Å²) in [6, 6.07) is 7.30. The highest BCUT2D eigenvalue weighted by Gasteiger charge is 2.40. The lowest BCUT2D eigenvalue weighted by atomic mass is 10.1. The zero-order valence-corrected chi connectivity index (χ0v) is 15.9. The Labute approximate surface area is 135 Å². The minimum Gasteiger partial charge on any atom is -0.464 e. The number of oxime groups is 1. The van der Waals surface area contributed by atoms with Crippen LogP contribution < -0.4 is 0 Å². The number of methoxy groups -OCH3 is 1. The molecule has 116 valence electrons. The molecular formula is C15H22BrNO3Si. The van der Waals surface area contributed by atoms with Crippen LogP contribution in [0, 0.1) is 0 Å². The predicted molar refractivity (Wildman–Crippen MR) is 91.0 cm³/mol. The van der Waals surface area contributed by atoms with Gasteiger partial charge in [0.15, 0.2) is 5.71 Å². The third kappa shape index (κ3) is 4.67. The summed E-state index contributed by atoms with van der Waals surface area (Å²) >= 11 is 3.37. The Kier molecular flexibility index (Phi) is 5.75. The van der Waals surface area contributed by atoms with Crippen molar-refractivity contribution in [2.24, 2.45) is 5.16 Å². The summed E-state index contributed by atoms with van der Waals surface area (Å²) in [5.41, 5.74) is 0.860. The first kappa shape index (κ1) is 17.9. The van der Waals surface area contributed by atoms with E-state index in [1.54, 1.807) is 12.1 Å². The lowest BCUT2D eigenvalue weighted by Gasteiger charge is -2.33. The highest BCUT2D eigenvalue weighted by molar-refractivity contribution is 9.10. The van der Waals surface area contributed by atoms with Crippen LogP contribution in [-0.2, 0) is 14.1 Å². The van der Waals surface area contributed by atoms with Crippen LogP contribution in [0.2, 0.25) is 18.1 Å². The second kappa shape index (κ2) is 6.75. The number of carbonyl (C=O) groups is 1. The molecule has 0 unspecified atom stereocenters. The predicted octanol–water partition coefficient (Wildman–Crippen LogP) is 4.35. The van der Waals surface area contributed by atoms with Crippen molar-refractivity contribution >= 4 is 35.9 Å². The smallest absolute Gasteiger partial charge is 0.360 e. The Morgan fingerprint density at radius 2 is 1.71 bits per heavy atom. The van der Waals surface area contributed by atoms with E-state index in [1.807, 2.05) is 12.1 Å². The maximum Gasteiger partial charge on any atom is 0.360 e. The van der Waals surface area contributed by atoms with Gasteiger partial charge in [-0.25, -0.2) is 4.79 Å². The molecule has 0 saturated carbocycles. The molecule has 0 spiro atoms. The molecule has 0 N–H and O–H groups in total. The number of halogens is 1. The highest BCUT2D eigenvalue weighted by Crippen LogP contribution is 2.36. The molecule has 0 bridgehead atoms. The standard InChI is InChI=1S/C15H22BrNO3Si/c1-15(2,3)21(5,6)20-17-13(14(18)19-4)11-7-9-12(16)10-8-11/h7-10H,1-6H3/b17-13+. The first-order valence-corrected chi connectivity index (χ1v) is 10.4. The van der Waals surface area contributed by atoms with Crippen LogP contribution in [0.5, 0.6) is 0 Å². The van der Waals surface area contributed by atoms with Crippen molar-refractivity contribution in [3.05, 3.63) is 34.3 Å². The first-order chi connectivity index (χ1) is 9.58. The second-order valence-electron chi connectivity index (χ2n) is 6.29. The minimum absolute atomic E-state index is 0.0114. The maximum atomic E-state index is 11.9. The molecule has 0 aliphatic heterocycles. The molecule has 21 heavy (non-hydrogen) atoms. The van der Waals surface area contributed by atoms with Crippen molar-refractivity contribution in [2.45, 2.75) is 38.9 Å². The molecule has 1 rings (SSSR count). The van der Waals surface area contributed by atoms with Gasteiger partial charge in [-0.15, -0.1) is 0 Å². The number of ether oxygens (including phenoxy) is 1. The van der Waals surface area contributed by atoms with Gasteiger partial charge in [-0.2, -0.15) is 0 Å². The first-order valence-electron chi connectivity index (χ1n) is 6.69. The summed E-state index contributed by atoms with van der Waals surface area (Å²) in [5.74, 6) is -0.504. The SMILES string of the molecule is COC(=O)/C(=N/O[Si](C)(C)C(C)(C)C)c1ccc(Br)cc1. The Morgan fingerprint density at radius 3 is 2.14 bits per heavy atom. The molecule has 1 aromatic carbocycles. The zero-order valence-electron chi connectivity index (χ0n) is 13.4. The lowest BCUT2D eigenvalue weighted by molar-refractivity contribution is -0.132. The molecule has 4 nitrogen and oxygen atoms in total.